The zero-order valence-electron chi connectivity index (χ0n) is 25.9. The molecule has 4 amide bonds. The minimum absolute atomic E-state index is 0.0837. The summed E-state index contributed by atoms with van der Waals surface area (Å²) in [6.07, 6.45) is 0.152. The molecule has 2 saturated heterocycles. The molecule has 20 heteroatoms. The zero-order chi connectivity index (χ0) is 38.3. The topological polar surface area (TPSA) is 74.8 Å². The van der Waals surface area contributed by atoms with Gasteiger partial charge in [0.25, 0.3) is 0 Å². The molecule has 3 aromatic rings. The summed E-state index contributed by atoms with van der Waals surface area (Å²) in [5, 5.41) is -2.16. The Morgan fingerprint density at radius 1 is 0.569 bits per heavy atom. The molecule has 3 aromatic carbocycles. The molecule has 0 spiro atoms. The van der Waals surface area contributed by atoms with Gasteiger partial charge in [-0.1, -0.05) is 67.2 Å². The number of thioether (sulfide) groups is 2. The molecule has 5 rings (SSSR count). The minimum atomic E-state index is -2.66. The fourth-order valence-electron chi connectivity index (χ4n) is 5.56. The first-order valence-electron chi connectivity index (χ1n) is 14.1. The molecule has 51 heavy (non-hydrogen) atoms. The highest BCUT2D eigenvalue weighted by molar-refractivity contribution is 8.01. The van der Waals surface area contributed by atoms with Crippen LogP contribution in [0.5, 0.6) is 0 Å². The van der Waals surface area contributed by atoms with E-state index >= 15 is 35.1 Å². The molecule has 0 saturated carbocycles. The highest BCUT2D eigenvalue weighted by Gasteiger charge is 2.49. The third kappa shape index (κ3) is 6.16. The van der Waals surface area contributed by atoms with Crippen molar-refractivity contribution < 1.29 is 54.3 Å². The van der Waals surface area contributed by atoms with Gasteiger partial charge >= 0.3 is 0 Å². The number of rotatable bonds is 6. The van der Waals surface area contributed by atoms with Gasteiger partial charge in [0, 0.05) is 22.6 Å². The standard InChI is InChI=1S/C31H18Cl4F8N2O4S2/c1-31(2,3)7-5-9(46)44(29(7)48)25-21(40)17(36)11(18(37)22(25)41)12-19(38)23(42)26(24(43)20(12)39)45-10(47)6-8(30(45)49)51-28-15(34)13(32)27(50-4)14(33)16(28)35/h7-8H,5-6H2,1-4H3. The van der Waals surface area contributed by atoms with Crippen molar-refractivity contribution in [1.29, 1.82) is 0 Å². The van der Waals surface area contributed by atoms with E-state index in [0.29, 0.717) is 11.8 Å². The van der Waals surface area contributed by atoms with E-state index < -0.39 is 122 Å². The average molecular weight is 840 g/mol. The van der Waals surface area contributed by atoms with Gasteiger partial charge in [0.05, 0.1) is 42.4 Å². The molecule has 2 heterocycles. The first-order valence-corrected chi connectivity index (χ1v) is 17.7. The molecule has 272 valence electrons. The summed E-state index contributed by atoms with van der Waals surface area (Å²) < 4.78 is 124. The Hall–Kier alpha value is -2.76. The van der Waals surface area contributed by atoms with Crippen LogP contribution in [0.4, 0.5) is 46.5 Å². The van der Waals surface area contributed by atoms with Gasteiger partial charge in [0.2, 0.25) is 23.6 Å². The van der Waals surface area contributed by atoms with Gasteiger partial charge < -0.3 is 0 Å². The van der Waals surface area contributed by atoms with Crippen molar-refractivity contribution in [1.82, 2.24) is 0 Å². The summed E-state index contributed by atoms with van der Waals surface area (Å²) in [5.74, 6) is -27.2. The largest absolute Gasteiger partial charge is 0.274 e. The number of carbonyl (C=O) groups excluding carboxylic acids is 4. The predicted octanol–water partition coefficient (Wildman–Crippen LogP) is 10.2. The van der Waals surface area contributed by atoms with Crippen LogP contribution in [-0.4, -0.2) is 35.1 Å². The van der Waals surface area contributed by atoms with E-state index in [0.717, 1.165) is 11.8 Å². The highest BCUT2D eigenvalue weighted by atomic mass is 35.5. The van der Waals surface area contributed by atoms with Crippen molar-refractivity contribution in [3.05, 3.63) is 66.6 Å². The van der Waals surface area contributed by atoms with Gasteiger partial charge in [0.1, 0.15) is 11.4 Å². The van der Waals surface area contributed by atoms with E-state index in [2.05, 4.69) is 0 Å². The van der Waals surface area contributed by atoms with Crippen molar-refractivity contribution in [3.63, 3.8) is 0 Å². The second kappa shape index (κ2) is 13.9. The Morgan fingerprint density at radius 2 is 0.922 bits per heavy atom. The maximum Gasteiger partial charge on any atom is 0.247 e. The predicted molar refractivity (Wildman–Crippen MR) is 177 cm³/mol. The van der Waals surface area contributed by atoms with E-state index in [-0.39, 0.29) is 39.7 Å². The van der Waals surface area contributed by atoms with Crippen LogP contribution in [0.1, 0.15) is 33.6 Å². The van der Waals surface area contributed by atoms with Crippen LogP contribution in [0.15, 0.2) is 9.79 Å². The van der Waals surface area contributed by atoms with Gasteiger partial charge in [0.15, 0.2) is 46.5 Å². The molecule has 0 aliphatic carbocycles. The third-order valence-electron chi connectivity index (χ3n) is 8.12. The molecule has 2 aliphatic heterocycles. The lowest BCUT2D eigenvalue weighted by Gasteiger charge is -2.25. The molecular weight excluding hydrogens is 822 g/mol. The number of nitrogens with zero attached hydrogens (tertiary/aromatic N) is 2. The normalized spacial score (nSPS) is 18.3. The third-order valence-corrected chi connectivity index (χ3v) is 12.4. The second-order valence-corrected chi connectivity index (χ2v) is 15.7. The van der Waals surface area contributed by atoms with Crippen LogP contribution in [-0.2, 0) is 19.2 Å². The first kappa shape index (κ1) is 39.4. The minimum Gasteiger partial charge on any atom is -0.274 e. The molecule has 0 bridgehead atoms. The van der Waals surface area contributed by atoms with Crippen molar-refractivity contribution in [3.8, 4) is 11.1 Å². The van der Waals surface area contributed by atoms with Gasteiger partial charge in [-0.2, -0.15) is 0 Å². The lowest BCUT2D eigenvalue weighted by molar-refractivity contribution is -0.124. The molecule has 0 N–H and O–H groups in total. The molecular formula is C31H18Cl4F8N2O4S2. The van der Waals surface area contributed by atoms with Gasteiger partial charge in [-0.15, -0.1) is 23.5 Å². The summed E-state index contributed by atoms with van der Waals surface area (Å²) in [5.41, 5.74) is -9.35. The van der Waals surface area contributed by atoms with Crippen LogP contribution < -0.4 is 9.80 Å². The van der Waals surface area contributed by atoms with E-state index in [1.807, 2.05) is 0 Å². The Kier molecular flexibility index (Phi) is 10.8. The summed E-state index contributed by atoms with van der Waals surface area (Å²) in [7, 11) is 0. The molecule has 2 unspecified atom stereocenters. The van der Waals surface area contributed by atoms with Crippen LogP contribution >= 0.6 is 69.9 Å². The highest BCUT2D eigenvalue weighted by Crippen LogP contribution is 2.51. The Morgan fingerprint density at radius 3 is 1.27 bits per heavy atom. The number of imide groups is 2. The Bertz CT molecular complexity index is 2030. The number of halogens is 12. The Balaban J connectivity index is 1.59. The van der Waals surface area contributed by atoms with Crippen molar-refractivity contribution in [2.45, 2.75) is 48.7 Å². The fourth-order valence-corrected chi connectivity index (χ4v) is 9.06. The van der Waals surface area contributed by atoms with Gasteiger partial charge in [-0.05, 0) is 11.7 Å². The lowest BCUT2D eigenvalue weighted by Crippen LogP contribution is -2.35. The molecule has 2 aliphatic rings. The van der Waals surface area contributed by atoms with Crippen LogP contribution in [0.2, 0.25) is 20.1 Å². The zero-order valence-corrected chi connectivity index (χ0v) is 30.6. The average Bonchev–Trinajstić information content (AvgIpc) is 3.51. The van der Waals surface area contributed by atoms with Crippen LogP contribution in [0.25, 0.3) is 11.1 Å². The van der Waals surface area contributed by atoms with E-state index in [4.69, 9.17) is 46.4 Å². The van der Waals surface area contributed by atoms with Crippen LogP contribution in [0, 0.1) is 57.9 Å². The summed E-state index contributed by atoms with van der Waals surface area (Å²) in [6, 6.07) is 0. The summed E-state index contributed by atoms with van der Waals surface area (Å²) >= 11 is 26.6. The molecule has 6 nitrogen and oxygen atoms in total. The van der Waals surface area contributed by atoms with Gasteiger partial charge in [-0.25, -0.2) is 44.9 Å². The van der Waals surface area contributed by atoms with E-state index in [1.165, 1.54) is 20.8 Å². The number of carbonyl (C=O) groups is 4. The van der Waals surface area contributed by atoms with Crippen molar-refractivity contribution >= 4 is 105 Å². The molecule has 2 atom stereocenters. The van der Waals surface area contributed by atoms with Gasteiger partial charge in [-0.3, -0.25) is 19.2 Å². The second-order valence-electron chi connectivity index (χ2n) is 12.1. The number of hydrogen-bond donors (Lipinski definition) is 0. The Labute approximate surface area is 311 Å². The van der Waals surface area contributed by atoms with E-state index in [1.54, 1.807) is 6.26 Å². The number of benzene rings is 3. The SMILES string of the molecule is CSc1c(Cl)c(Cl)c(SC2CC(=O)N(c3c(F)c(F)c(-c4c(F)c(F)c(N5C(=O)CC(C(C)(C)C)C5=O)c(F)c4F)c(F)c3F)C2=O)c(Cl)c1Cl. The smallest absolute Gasteiger partial charge is 0.247 e. The maximum atomic E-state index is 15.6. The molecule has 0 radical (unpaired) electrons. The lowest BCUT2D eigenvalue weighted by atomic mass is 9.80. The number of hydrogen-bond acceptors (Lipinski definition) is 6. The number of anilines is 2. The maximum absolute atomic E-state index is 15.6. The van der Waals surface area contributed by atoms with E-state index in [9.17, 15) is 19.2 Å². The van der Waals surface area contributed by atoms with Crippen molar-refractivity contribution in [2.75, 3.05) is 16.1 Å². The monoisotopic (exact) mass is 838 g/mol. The fraction of sp³-hybridized carbons (Fsp3) is 0.290. The number of amides is 4. The first-order chi connectivity index (χ1) is 23.6. The summed E-state index contributed by atoms with van der Waals surface area (Å²) in [6.45, 7) is 4.52. The quantitative estimate of drug-likeness (QED) is 0.107. The molecule has 2 fully saturated rings. The molecule has 0 aromatic heterocycles. The van der Waals surface area contributed by atoms with Crippen molar-refractivity contribution in [2.24, 2.45) is 11.3 Å². The van der Waals surface area contributed by atoms with Crippen LogP contribution in [0.3, 0.4) is 0 Å². The summed E-state index contributed by atoms with van der Waals surface area (Å²) in [4.78, 5) is 51.3.